The molecule has 2 aliphatic carbocycles. The van der Waals surface area contributed by atoms with Gasteiger partial charge in [-0.25, -0.2) is 9.59 Å². The zero-order valence-corrected chi connectivity index (χ0v) is 13.6. The van der Waals surface area contributed by atoms with E-state index in [9.17, 15) is 9.59 Å². The minimum atomic E-state index is -0.953. The Labute approximate surface area is 141 Å². The van der Waals surface area contributed by atoms with Gasteiger partial charge in [0.05, 0.1) is 0 Å². The molecule has 1 saturated carbocycles. The van der Waals surface area contributed by atoms with Gasteiger partial charge in [0.25, 0.3) is 0 Å². The molecule has 0 heterocycles. The smallest absolute Gasteiger partial charge is 0.333 e. The second-order valence-corrected chi connectivity index (χ2v) is 6.55. The van der Waals surface area contributed by atoms with Crippen molar-refractivity contribution < 1.29 is 19.4 Å². The minimum Gasteiger partial charge on any atom is -0.478 e. The normalized spacial score (nSPS) is 27.5. The van der Waals surface area contributed by atoms with Crippen molar-refractivity contribution in [3.05, 3.63) is 65.8 Å². The topological polar surface area (TPSA) is 63.6 Å². The highest BCUT2D eigenvalue weighted by Gasteiger charge is 2.55. The SMILES string of the molecule is C=C(C)C(=O)OC1C=CC2(c3ccc(/C=C/C(=O)O)cc3)CC2C1. The van der Waals surface area contributed by atoms with Crippen molar-refractivity contribution in [1.29, 1.82) is 0 Å². The fraction of sp³-hybridized carbons (Fsp3) is 0.300. The summed E-state index contributed by atoms with van der Waals surface area (Å²) in [5.74, 6) is -0.816. The van der Waals surface area contributed by atoms with Gasteiger partial charge in [-0.15, -0.1) is 0 Å². The van der Waals surface area contributed by atoms with E-state index in [1.165, 1.54) is 5.56 Å². The van der Waals surface area contributed by atoms with Gasteiger partial charge >= 0.3 is 11.9 Å². The average molecular weight is 324 g/mol. The molecule has 0 aromatic heterocycles. The van der Waals surface area contributed by atoms with E-state index in [1.54, 1.807) is 13.0 Å². The monoisotopic (exact) mass is 324 g/mol. The van der Waals surface area contributed by atoms with Crippen LogP contribution in [-0.4, -0.2) is 23.1 Å². The number of benzene rings is 1. The van der Waals surface area contributed by atoms with Crippen LogP contribution in [0.2, 0.25) is 0 Å². The Kier molecular flexibility index (Phi) is 4.14. The Hall–Kier alpha value is -2.62. The number of carboxylic acids is 1. The Morgan fingerprint density at radius 3 is 2.62 bits per heavy atom. The van der Waals surface area contributed by atoms with Gasteiger partial charge in [0.15, 0.2) is 0 Å². The van der Waals surface area contributed by atoms with Gasteiger partial charge in [0.1, 0.15) is 6.10 Å². The van der Waals surface area contributed by atoms with E-state index in [0.717, 1.165) is 24.5 Å². The maximum Gasteiger partial charge on any atom is 0.333 e. The van der Waals surface area contributed by atoms with Crippen LogP contribution >= 0.6 is 0 Å². The Bertz CT molecular complexity index is 741. The molecule has 0 radical (unpaired) electrons. The highest BCUT2D eigenvalue weighted by atomic mass is 16.5. The van der Waals surface area contributed by atoms with Gasteiger partial charge in [0, 0.05) is 17.1 Å². The summed E-state index contributed by atoms with van der Waals surface area (Å²) in [6.07, 6.45) is 8.55. The molecule has 4 heteroatoms. The molecular weight excluding hydrogens is 304 g/mol. The number of fused-ring (bicyclic) bond motifs is 1. The van der Waals surface area contributed by atoms with E-state index in [2.05, 4.69) is 12.7 Å². The molecule has 0 aliphatic heterocycles. The van der Waals surface area contributed by atoms with Crippen LogP contribution in [0.4, 0.5) is 0 Å². The van der Waals surface area contributed by atoms with E-state index in [0.29, 0.717) is 11.5 Å². The van der Waals surface area contributed by atoms with E-state index < -0.39 is 5.97 Å². The summed E-state index contributed by atoms with van der Waals surface area (Å²) >= 11 is 0. The van der Waals surface area contributed by atoms with Gasteiger partial charge in [0.2, 0.25) is 0 Å². The molecule has 124 valence electrons. The number of carbonyl (C=O) groups excluding carboxylic acids is 1. The number of aliphatic carboxylic acids is 1. The minimum absolute atomic E-state index is 0.0428. The number of hydrogen-bond donors (Lipinski definition) is 1. The summed E-state index contributed by atoms with van der Waals surface area (Å²) in [5, 5.41) is 8.67. The van der Waals surface area contributed by atoms with Crippen LogP contribution in [0.1, 0.15) is 30.9 Å². The van der Waals surface area contributed by atoms with E-state index in [1.807, 2.05) is 30.3 Å². The fourth-order valence-electron chi connectivity index (χ4n) is 3.33. The zero-order chi connectivity index (χ0) is 17.3. The molecule has 24 heavy (non-hydrogen) atoms. The van der Waals surface area contributed by atoms with Crippen LogP contribution in [0, 0.1) is 5.92 Å². The number of ether oxygens (including phenoxy) is 1. The summed E-state index contributed by atoms with van der Waals surface area (Å²) in [6.45, 7) is 5.25. The Balaban J connectivity index is 1.70. The van der Waals surface area contributed by atoms with E-state index in [-0.39, 0.29) is 17.5 Å². The third kappa shape index (κ3) is 3.18. The molecule has 3 rings (SSSR count). The molecule has 3 unspecified atom stereocenters. The van der Waals surface area contributed by atoms with Crippen LogP contribution in [0.3, 0.4) is 0 Å². The number of rotatable bonds is 5. The van der Waals surface area contributed by atoms with Crippen LogP contribution in [-0.2, 0) is 19.7 Å². The van der Waals surface area contributed by atoms with Gasteiger partial charge in [-0.1, -0.05) is 36.9 Å². The Morgan fingerprint density at radius 2 is 2.04 bits per heavy atom. The van der Waals surface area contributed by atoms with Crippen LogP contribution < -0.4 is 0 Å². The van der Waals surface area contributed by atoms with Crippen molar-refractivity contribution in [3.8, 4) is 0 Å². The van der Waals surface area contributed by atoms with Crippen molar-refractivity contribution in [2.75, 3.05) is 0 Å². The van der Waals surface area contributed by atoms with Crippen molar-refractivity contribution in [3.63, 3.8) is 0 Å². The maximum absolute atomic E-state index is 11.6. The standard InChI is InChI=1S/C20H20O4/c1-13(2)19(23)24-17-9-10-20(12-16(20)11-17)15-6-3-14(4-7-15)5-8-18(21)22/h3-10,16-17H,1,11-12H2,2H3,(H,21,22)/b8-5+. The molecule has 4 nitrogen and oxygen atoms in total. The molecule has 0 spiro atoms. The summed E-state index contributed by atoms with van der Waals surface area (Å²) in [4.78, 5) is 22.2. The highest BCUT2D eigenvalue weighted by Crippen LogP contribution is 2.59. The number of esters is 1. The van der Waals surface area contributed by atoms with Crippen molar-refractivity contribution >= 4 is 18.0 Å². The van der Waals surface area contributed by atoms with Gasteiger partial charge in [-0.05, 0) is 49.0 Å². The predicted octanol–water partition coefficient (Wildman–Crippen LogP) is 3.49. The summed E-state index contributed by atoms with van der Waals surface area (Å²) in [5.41, 5.74) is 2.55. The third-order valence-corrected chi connectivity index (χ3v) is 4.75. The number of allylic oxidation sites excluding steroid dienone is 1. The van der Waals surface area contributed by atoms with E-state index >= 15 is 0 Å². The molecular formula is C20H20O4. The number of carbonyl (C=O) groups is 2. The summed E-state index contributed by atoms with van der Waals surface area (Å²) < 4.78 is 5.41. The third-order valence-electron chi connectivity index (χ3n) is 4.75. The highest BCUT2D eigenvalue weighted by molar-refractivity contribution is 5.87. The summed E-state index contributed by atoms with van der Waals surface area (Å²) in [6, 6.07) is 7.96. The van der Waals surface area contributed by atoms with Crippen LogP contribution in [0.5, 0.6) is 0 Å². The average Bonchev–Trinajstić information content (AvgIpc) is 3.28. The lowest BCUT2D eigenvalue weighted by molar-refractivity contribution is -0.142. The predicted molar refractivity (Wildman–Crippen MR) is 91.3 cm³/mol. The van der Waals surface area contributed by atoms with Gasteiger partial charge in [-0.3, -0.25) is 0 Å². The molecule has 1 fully saturated rings. The van der Waals surface area contributed by atoms with Crippen molar-refractivity contribution in [2.24, 2.45) is 5.92 Å². The van der Waals surface area contributed by atoms with Crippen LogP contribution in [0.25, 0.3) is 6.08 Å². The van der Waals surface area contributed by atoms with Crippen LogP contribution in [0.15, 0.2) is 54.6 Å². The van der Waals surface area contributed by atoms with Gasteiger partial charge < -0.3 is 9.84 Å². The molecule has 1 aromatic carbocycles. The number of carboxylic acid groups (broad SMARTS) is 1. The lowest BCUT2D eigenvalue weighted by Gasteiger charge is -2.23. The molecule has 0 bridgehead atoms. The molecule has 2 aliphatic rings. The first kappa shape index (κ1) is 16.2. The molecule has 0 amide bonds. The quantitative estimate of drug-likeness (QED) is 0.511. The number of hydrogen-bond acceptors (Lipinski definition) is 3. The molecule has 1 N–H and O–H groups in total. The molecule has 3 atom stereocenters. The van der Waals surface area contributed by atoms with Gasteiger partial charge in [-0.2, -0.15) is 0 Å². The maximum atomic E-state index is 11.6. The molecule has 1 aromatic rings. The second kappa shape index (κ2) is 6.11. The Morgan fingerprint density at radius 1 is 1.33 bits per heavy atom. The first-order valence-electron chi connectivity index (χ1n) is 7.98. The fourth-order valence-corrected chi connectivity index (χ4v) is 3.33. The second-order valence-electron chi connectivity index (χ2n) is 6.55. The lowest BCUT2D eigenvalue weighted by Crippen LogP contribution is -2.23. The first-order chi connectivity index (χ1) is 11.4. The summed E-state index contributed by atoms with van der Waals surface area (Å²) in [7, 11) is 0. The zero-order valence-electron chi connectivity index (χ0n) is 13.6. The largest absolute Gasteiger partial charge is 0.478 e. The van der Waals surface area contributed by atoms with E-state index in [4.69, 9.17) is 9.84 Å². The van der Waals surface area contributed by atoms with Crippen molar-refractivity contribution in [1.82, 2.24) is 0 Å². The lowest BCUT2D eigenvalue weighted by atomic mass is 9.86. The van der Waals surface area contributed by atoms with Crippen molar-refractivity contribution in [2.45, 2.75) is 31.3 Å². The molecule has 0 saturated heterocycles. The first-order valence-corrected chi connectivity index (χ1v) is 7.98.